The molecule has 0 bridgehead atoms. The number of hydrogen-bond donors (Lipinski definition) is 2. The molecule has 0 heterocycles. The molecule has 0 aliphatic heterocycles. The summed E-state index contributed by atoms with van der Waals surface area (Å²) in [6, 6.07) is 17.5. The number of para-hydroxylation sites is 1. The molecule has 0 saturated heterocycles. The highest BCUT2D eigenvalue weighted by atomic mass is 79.9. The Balaban J connectivity index is 1.69. The summed E-state index contributed by atoms with van der Waals surface area (Å²) >= 11 is 6.87. The van der Waals surface area contributed by atoms with Crippen molar-refractivity contribution in [1.82, 2.24) is 5.43 Å². The van der Waals surface area contributed by atoms with Crippen LogP contribution in [-0.4, -0.2) is 38.4 Å². The number of benzene rings is 3. The van der Waals surface area contributed by atoms with E-state index in [0.717, 1.165) is 4.47 Å². The topological polar surface area (TPSA) is 98.3 Å². The van der Waals surface area contributed by atoms with Crippen molar-refractivity contribution in [2.75, 3.05) is 25.6 Å². The molecule has 182 valence electrons. The summed E-state index contributed by atoms with van der Waals surface area (Å²) in [5, 5.41) is 6.82. The number of anilines is 1. The summed E-state index contributed by atoms with van der Waals surface area (Å²) in [6.45, 7) is 2.06. The van der Waals surface area contributed by atoms with Gasteiger partial charge in [-0.05, 0) is 65.3 Å². The molecule has 0 radical (unpaired) electrons. The first kappa shape index (κ1) is 26.2. The molecule has 35 heavy (non-hydrogen) atoms. The Kier molecular flexibility index (Phi) is 9.68. The monoisotopic (exact) mass is 603 g/mol. The van der Waals surface area contributed by atoms with Gasteiger partial charge in [-0.15, -0.1) is 0 Å². The Labute approximate surface area is 219 Å². The van der Waals surface area contributed by atoms with E-state index >= 15 is 0 Å². The zero-order chi connectivity index (χ0) is 25.2. The van der Waals surface area contributed by atoms with Crippen LogP contribution in [0.1, 0.15) is 22.8 Å². The third-order valence-corrected chi connectivity index (χ3v) is 5.58. The standard InChI is InChI=1S/C25H23Br2N3O5/c1-3-34-22-12-16(9-10-21(22)33-2)25(32)30-28-14-17-11-18(26)13-20(27)24(17)35-15-23(31)29-19-7-5-4-6-8-19/h4-14H,3,15H2,1-2H3,(H,29,31)(H,30,32)/b28-14+. The van der Waals surface area contributed by atoms with Crippen molar-refractivity contribution in [3.8, 4) is 17.2 Å². The number of carbonyl (C=O) groups excluding carboxylic acids is 2. The summed E-state index contributed by atoms with van der Waals surface area (Å²) in [5.41, 5.74) is 4.06. The number of nitrogens with zero attached hydrogens (tertiary/aromatic N) is 1. The number of carbonyl (C=O) groups is 2. The van der Waals surface area contributed by atoms with Crippen molar-refractivity contribution in [2.45, 2.75) is 6.92 Å². The molecule has 2 amide bonds. The molecular weight excluding hydrogens is 582 g/mol. The van der Waals surface area contributed by atoms with Gasteiger partial charge in [0.2, 0.25) is 0 Å². The minimum Gasteiger partial charge on any atom is -0.493 e. The maximum atomic E-state index is 12.6. The summed E-state index contributed by atoms with van der Waals surface area (Å²) in [7, 11) is 1.53. The zero-order valence-corrected chi connectivity index (χ0v) is 22.2. The lowest BCUT2D eigenvalue weighted by molar-refractivity contribution is -0.118. The van der Waals surface area contributed by atoms with Crippen LogP contribution in [0.5, 0.6) is 17.2 Å². The molecule has 3 rings (SSSR count). The van der Waals surface area contributed by atoms with Crippen molar-refractivity contribution in [2.24, 2.45) is 5.10 Å². The molecular formula is C25H23Br2N3O5. The average Bonchev–Trinajstić information content (AvgIpc) is 2.84. The van der Waals surface area contributed by atoms with Crippen LogP contribution in [0.3, 0.4) is 0 Å². The van der Waals surface area contributed by atoms with Crippen LogP contribution in [0.15, 0.2) is 74.7 Å². The van der Waals surface area contributed by atoms with Gasteiger partial charge in [0.15, 0.2) is 18.1 Å². The Bertz CT molecular complexity index is 1220. The summed E-state index contributed by atoms with van der Waals surface area (Å²) in [6.07, 6.45) is 1.44. The molecule has 0 aliphatic carbocycles. The maximum absolute atomic E-state index is 12.6. The minimum absolute atomic E-state index is 0.214. The Morgan fingerprint density at radius 2 is 1.77 bits per heavy atom. The second kappa shape index (κ2) is 12.9. The van der Waals surface area contributed by atoms with E-state index in [1.165, 1.54) is 13.3 Å². The van der Waals surface area contributed by atoms with Gasteiger partial charge >= 0.3 is 0 Å². The van der Waals surface area contributed by atoms with Gasteiger partial charge in [-0.25, -0.2) is 5.43 Å². The smallest absolute Gasteiger partial charge is 0.271 e. The lowest BCUT2D eigenvalue weighted by Gasteiger charge is -2.12. The van der Waals surface area contributed by atoms with Crippen molar-refractivity contribution >= 4 is 55.6 Å². The molecule has 3 aromatic rings. The number of nitrogens with one attached hydrogen (secondary N) is 2. The van der Waals surface area contributed by atoms with Crippen molar-refractivity contribution in [1.29, 1.82) is 0 Å². The van der Waals surface area contributed by atoms with Gasteiger partial charge in [-0.3, -0.25) is 9.59 Å². The van der Waals surface area contributed by atoms with Crippen LogP contribution in [0, 0.1) is 0 Å². The maximum Gasteiger partial charge on any atom is 0.271 e. The van der Waals surface area contributed by atoms with Gasteiger partial charge in [-0.1, -0.05) is 34.1 Å². The minimum atomic E-state index is -0.427. The van der Waals surface area contributed by atoms with Crippen molar-refractivity contribution in [3.63, 3.8) is 0 Å². The summed E-state index contributed by atoms with van der Waals surface area (Å²) in [5.74, 6) is 0.656. The highest BCUT2D eigenvalue weighted by Gasteiger charge is 2.13. The molecule has 0 unspecified atom stereocenters. The zero-order valence-electron chi connectivity index (χ0n) is 19.0. The van der Waals surface area contributed by atoms with E-state index in [1.54, 1.807) is 42.5 Å². The fourth-order valence-electron chi connectivity index (χ4n) is 3.00. The molecule has 2 N–H and O–H groups in total. The quantitative estimate of drug-likeness (QED) is 0.238. The van der Waals surface area contributed by atoms with Crippen LogP contribution in [-0.2, 0) is 4.79 Å². The number of rotatable bonds is 10. The molecule has 0 atom stereocenters. The number of ether oxygens (including phenoxy) is 3. The number of hydrazone groups is 1. The second-order valence-electron chi connectivity index (χ2n) is 7.01. The van der Waals surface area contributed by atoms with Gasteiger partial charge in [0.1, 0.15) is 5.75 Å². The van der Waals surface area contributed by atoms with Crippen molar-refractivity contribution in [3.05, 3.63) is 80.7 Å². The highest BCUT2D eigenvalue weighted by molar-refractivity contribution is 9.11. The highest BCUT2D eigenvalue weighted by Crippen LogP contribution is 2.32. The van der Waals surface area contributed by atoms with E-state index in [0.29, 0.717) is 45.1 Å². The van der Waals surface area contributed by atoms with Gasteiger partial charge in [-0.2, -0.15) is 5.10 Å². The Hall–Kier alpha value is -3.37. The van der Waals surface area contributed by atoms with E-state index in [-0.39, 0.29) is 12.5 Å². The van der Waals surface area contributed by atoms with Crippen LogP contribution < -0.4 is 25.0 Å². The first-order chi connectivity index (χ1) is 16.9. The predicted octanol–water partition coefficient (Wildman–Crippen LogP) is 5.40. The fraction of sp³-hybridized carbons (Fsp3) is 0.160. The number of amides is 2. The number of hydrogen-bond acceptors (Lipinski definition) is 6. The first-order valence-corrected chi connectivity index (χ1v) is 12.1. The van der Waals surface area contributed by atoms with E-state index < -0.39 is 5.91 Å². The molecule has 3 aromatic carbocycles. The molecule has 0 spiro atoms. The van der Waals surface area contributed by atoms with Gasteiger partial charge < -0.3 is 19.5 Å². The first-order valence-electron chi connectivity index (χ1n) is 10.5. The fourth-order valence-corrected chi connectivity index (χ4v) is 4.37. The van der Waals surface area contributed by atoms with E-state index in [2.05, 4.69) is 47.7 Å². The van der Waals surface area contributed by atoms with Crippen LogP contribution in [0.25, 0.3) is 0 Å². The Morgan fingerprint density at radius 1 is 1.00 bits per heavy atom. The molecule has 8 nitrogen and oxygen atoms in total. The Morgan fingerprint density at radius 3 is 2.49 bits per heavy atom. The normalized spacial score (nSPS) is 10.6. The molecule has 0 fully saturated rings. The molecule has 0 aromatic heterocycles. The second-order valence-corrected chi connectivity index (χ2v) is 8.78. The third-order valence-electron chi connectivity index (χ3n) is 4.54. The average molecular weight is 605 g/mol. The van der Waals surface area contributed by atoms with Crippen LogP contribution in [0.2, 0.25) is 0 Å². The molecule has 0 saturated carbocycles. The number of halogens is 2. The van der Waals surface area contributed by atoms with Crippen LogP contribution >= 0.6 is 31.9 Å². The lowest BCUT2D eigenvalue weighted by Crippen LogP contribution is -2.21. The predicted molar refractivity (Wildman–Crippen MR) is 142 cm³/mol. The molecule has 0 aliphatic rings. The van der Waals surface area contributed by atoms with Gasteiger partial charge in [0.25, 0.3) is 11.8 Å². The van der Waals surface area contributed by atoms with Crippen LogP contribution in [0.4, 0.5) is 5.69 Å². The van der Waals surface area contributed by atoms with E-state index in [9.17, 15) is 9.59 Å². The number of methoxy groups -OCH3 is 1. The lowest BCUT2D eigenvalue weighted by atomic mass is 10.2. The van der Waals surface area contributed by atoms with E-state index in [4.69, 9.17) is 14.2 Å². The molecule has 10 heteroatoms. The largest absolute Gasteiger partial charge is 0.493 e. The van der Waals surface area contributed by atoms with Gasteiger partial charge in [0.05, 0.1) is 24.4 Å². The summed E-state index contributed by atoms with van der Waals surface area (Å²) in [4.78, 5) is 24.9. The van der Waals surface area contributed by atoms with Gasteiger partial charge in [0, 0.05) is 21.3 Å². The van der Waals surface area contributed by atoms with E-state index in [1.807, 2.05) is 25.1 Å². The van der Waals surface area contributed by atoms with Crippen molar-refractivity contribution < 1.29 is 23.8 Å². The third kappa shape index (κ3) is 7.56. The SMILES string of the molecule is CCOc1cc(C(=O)N/N=C/c2cc(Br)cc(Br)c2OCC(=O)Nc2ccccc2)ccc1OC. The summed E-state index contributed by atoms with van der Waals surface area (Å²) < 4.78 is 17.9.